The van der Waals surface area contributed by atoms with Crippen molar-refractivity contribution in [3.63, 3.8) is 0 Å². The van der Waals surface area contributed by atoms with Crippen molar-refractivity contribution in [2.75, 3.05) is 0 Å². The van der Waals surface area contributed by atoms with Gasteiger partial charge in [-0.25, -0.2) is 0 Å². The molecule has 0 aliphatic rings. The highest BCUT2D eigenvalue weighted by Crippen LogP contribution is 2.12. The van der Waals surface area contributed by atoms with Crippen LogP contribution in [-0.2, 0) is 0 Å². The Hall–Kier alpha value is -0.520. The van der Waals surface area contributed by atoms with Gasteiger partial charge in [0.25, 0.3) is 0 Å². The molecule has 0 spiro atoms. The van der Waals surface area contributed by atoms with Crippen molar-refractivity contribution in [1.29, 1.82) is 0 Å². The lowest BCUT2D eigenvalue weighted by Crippen LogP contribution is -1.82. The number of hydrogen-bond acceptors (Lipinski definition) is 0. The molecule has 12 heavy (non-hydrogen) atoms. The van der Waals surface area contributed by atoms with E-state index in [1.807, 2.05) is 0 Å². The fourth-order valence-electron chi connectivity index (χ4n) is 1.19. The monoisotopic (exact) mass is 165 g/mol. The highest BCUT2D eigenvalue weighted by molar-refractivity contribution is 5.03. The Kier molecular flexibility index (Phi) is 6.84. The molecule has 0 N–H and O–H groups in total. The average Bonchev–Trinajstić information content (AvgIpc) is 2.02. The maximum atomic E-state index is 3.86. The molecular formula is C12H21. The molecule has 0 heteroatoms. The van der Waals surface area contributed by atoms with Crippen LogP contribution in [0.3, 0.4) is 0 Å². The summed E-state index contributed by atoms with van der Waals surface area (Å²) >= 11 is 0. The van der Waals surface area contributed by atoms with Crippen molar-refractivity contribution < 1.29 is 0 Å². The van der Waals surface area contributed by atoms with Crippen LogP contribution >= 0.6 is 0 Å². The van der Waals surface area contributed by atoms with Gasteiger partial charge in [-0.1, -0.05) is 30.2 Å². The molecule has 0 saturated carbocycles. The summed E-state index contributed by atoms with van der Waals surface area (Å²) < 4.78 is 0. The third kappa shape index (κ3) is 6.21. The lowest BCUT2D eigenvalue weighted by atomic mass is 10.0. The van der Waals surface area contributed by atoms with Gasteiger partial charge in [-0.15, -0.1) is 0 Å². The van der Waals surface area contributed by atoms with Crippen LogP contribution < -0.4 is 0 Å². The summed E-state index contributed by atoms with van der Waals surface area (Å²) in [5.74, 6) is 0. The normalized spacial score (nSPS) is 11.5. The predicted molar refractivity (Wildman–Crippen MR) is 57.0 cm³/mol. The van der Waals surface area contributed by atoms with Crippen molar-refractivity contribution in [2.24, 2.45) is 0 Å². The fraction of sp³-hybridized carbons (Fsp3) is 0.583. The van der Waals surface area contributed by atoms with Gasteiger partial charge in [-0.05, 0) is 46.5 Å². The van der Waals surface area contributed by atoms with Crippen LogP contribution in [0.5, 0.6) is 0 Å². The lowest BCUT2D eigenvalue weighted by molar-refractivity contribution is 0.857. The molecule has 0 rings (SSSR count). The van der Waals surface area contributed by atoms with Gasteiger partial charge in [0.2, 0.25) is 0 Å². The van der Waals surface area contributed by atoms with Crippen LogP contribution in [0.15, 0.2) is 23.3 Å². The third-order valence-corrected chi connectivity index (χ3v) is 1.92. The second-order valence-corrected chi connectivity index (χ2v) is 3.37. The quantitative estimate of drug-likeness (QED) is 0.533. The minimum absolute atomic E-state index is 1.02. The van der Waals surface area contributed by atoms with Crippen molar-refractivity contribution in [3.05, 3.63) is 30.2 Å². The van der Waals surface area contributed by atoms with Crippen molar-refractivity contribution >= 4 is 0 Å². The standard InChI is InChI=1S/C12H21/c1-5-8-12(6-2)10-7-9-11(3)4/h6,9H,1,5,7-8,10H2,2-4H3. The van der Waals surface area contributed by atoms with E-state index in [0.717, 1.165) is 12.8 Å². The maximum absolute atomic E-state index is 3.86. The summed E-state index contributed by atoms with van der Waals surface area (Å²) in [4.78, 5) is 0. The zero-order valence-corrected chi connectivity index (χ0v) is 8.69. The summed E-state index contributed by atoms with van der Waals surface area (Å²) in [7, 11) is 0. The van der Waals surface area contributed by atoms with E-state index in [4.69, 9.17) is 0 Å². The van der Waals surface area contributed by atoms with Crippen LogP contribution in [0, 0.1) is 6.92 Å². The molecule has 0 unspecified atom stereocenters. The molecule has 0 amide bonds. The molecule has 0 atom stereocenters. The Morgan fingerprint density at radius 2 is 1.92 bits per heavy atom. The number of rotatable bonds is 5. The van der Waals surface area contributed by atoms with E-state index < -0.39 is 0 Å². The van der Waals surface area contributed by atoms with Crippen molar-refractivity contribution in [3.8, 4) is 0 Å². The van der Waals surface area contributed by atoms with Crippen LogP contribution in [-0.4, -0.2) is 0 Å². The Balaban J connectivity index is 3.67. The van der Waals surface area contributed by atoms with Crippen molar-refractivity contribution in [2.45, 2.75) is 46.5 Å². The molecule has 0 aromatic carbocycles. The molecular weight excluding hydrogens is 144 g/mol. The molecule has 0 saturated heterocycles. The molecule has 0 heterocycles. The van der Waals surface area contributed by atoms with Crippen LogP contribution in [0.1, 0.15) is 46.5 Å². The largest absolute Gasteiger partial charge is 0.0884 e. The van der Waals surface area contributed by atoms with E-state index in [-0.39, 0.29) is 0 Å². The second kappa shape index (κ2) is 7.15. The van der Waals surface area contributed by atoms with E-state index in [0.29, 0.717) is 0 Å². The smallest absolute Gasteiger partial charge is 0.0286 e. The Bertz CT molecular complexity index is 157. The first-order valence-electron chi connectivity index (χ1n) is 4.77. The zero-order valence-electron chi connectivity index (χ0n) is 8.69. The summed E-state index contributed by atoms with van der Waals surface area (Å²) in [5, 5.41) is 0. The fourth-order valence-corrected chi connectivity index (χ4v) is 1.19. The van der Waals surface area contributed by atoms with E-state index >= 15 is 0 Å². The number of allylic oxidation sites excluding steroid dienone is 4. The molecule has 0 fully saturated rings. The van der Waals surface area contributed by atoms with Gasteiger partial charge >= 0.3 is 0 Å². The van der Waals surface area contributed by atoms with E-state index in [2.05, 4.69) is 39.8 Å². The summed E-state index contributed by atoms with van der Waals surface area (Å²) in [6, 6.07) is 0. The van der Waals surface area contributed by atoms with Gasteiger partial charge in [0.1, 0.15) is 0 Å². The van der Waals surface area contributed by atoms with Gasteiger partial charge in [0, 0.05) is 0 Å². The lowest BCUT2D eigenvalue weighted by Gasteiger charge is -2.02. The maximum Gasteiger partial charge on any atom is -0.0286 e. The van der Waals surface area contributed by atoms with Crippen LogP contribution in [0.2, 0.25) is 0 Å². The summed E-state index contributed by atoms with van der Waals surface area (Å²) in [6.45, 7) is 10.3. The minimum Gasteiger partial charge on any atom is -0.0884 e. The Morgan fingerprint density at radius 3 is 2.33 bits per heavy atom. The zero-order chi connectivity index (χ0) is 9.40. The molecule has 0 nitrogen and oxygen atoms in total. The molecule has 0 aromatic heterocycles. The second-order valence-electron chi connectivity index (χ2n) is 3.37. The van der Waals surface area contributed by atoms with Gasteiger partial charge in [-0.3, -0.25) is 0 Å². The third-order valence-electron chi connectivity index (χ3n) is 1.92. The highest BCUT2D eigenvalue weighted by atomic mass is 14.0. The van der Waals surface area contributed by atoms with Crippen LogP contribution in [0.25, 0.3) is 0 Å². The first kappa shape index (κ1) is 11.5. The van der Waals surface area contributed by atoms with E-state index in [1.54, 1.807) is 5.57 Å². The Labute approximate surface area is 77.4 Å². The molecule has 0 bridgehead atoms. The topological polar surface area (TPSA) is 0 Å². The molecule has 1 radical (unpaired) electrons. The SMILES string of the molecule is [CH2]CCC(=CC)CCC=C(C)C. The van der Waals surface area contributed by atoms with Gasteiger partial charge in [0.15, 0.2) is 0 Å². The first-order chi connectivity index (χ1) is 5.70. The summed E-state index contributed by atoms with van der Waals surface area (Å²) in [5.41, 5.74) is 2.96. The van der Waals surface area contributed by atoms with Gasteiger partial charge < -0.3 is 0 Å². The number of hydrogen-bond donors (Lipinski definition) is 0. The molecule has 69 valence electrons. The molecule has 0 aliphatic carbocycles. The van der Waals surface area contributed by atoms with Crippen molar-refractivity contribution in [1.82, 2.24) is 0 Å². The highest BCUT2D eigenvalue weighted by Gasteiger charge is 1.92. The molecule has 0 aliphatic heterocycles. The minimum atomic E-state index is 1.02. The molecule has 0 aromatic rings. The van der Waals surface area contributed by atoms with E-state index in [9.17, 15) is 0 Å². The predicted octanol–water partition coefficient (Wildman–Crippen LogP) is 4.29. The average molecular weight is 165 g/mol. The Morgan fingerprint density at radius 1 is 1.25 bits per heavy atom. The van der Waals surface area contributed by atoms with Crippen LogP contribution in [0.4, 0.5) is 0 Å². The van der Waals surface area contributed by atoms with Gasteiger partial charge in [0.05, 0.1) is 0 Å². The summed E-state index contributed by atoms with van der Waals surface area (Å²) in [6.07, 6.45) is 9.09. The van der Waals surface area contributed by atoms with Gasteiger partial charge in [-0.2, -0.15) is 0 Å². The first-order valence-corrected chi connectivity index (χ1v) is 4.77. The van der Waals surface area contributed by atoms with E-state index in [1.165, 1.54) is 18.4 Å².